The quantitative estimate of drug-likeness (QED) is 0.476. The van der Waals surface area contributed by atoms with Crippen LogP contribution in [0.2, 0.25) is 5.02 Å². The summed E-state index contributed by atoms with van der Waals surface area (Å²) in [4.78, 5) is 20.1. The summed E-state index contributed by atoms with van der Waals surface area (Å²) >= 11 is 7.76. The maximum absolute atomic E-state index is 14.4. The lowest BCUT2D eigenvalue weighted by atomic mass is 10.1. The van der Waals surface area contributed by atoms with Crippen molar-refractivity contribution in [1.29, 1.82) is 0 Å². The van der Waals surface area contributed by atoms with E-state index < -0.39 is 5.82 Å². The maximum atomic E-state index is 14.4. The zero-order chi connectivity index (χ0) is 19.0. The first-order chi connectivity index (χ1) is 13.1. The number of rotatable bonds is 5. The molecule has 0 fully saturated rings. The monoisotopic (exact) mass is 400 g/mol. The number of halogens is 2. The number of thiazole rings is 1. The Morgan fingerprint density at radius 3 is 2.96 bits per heavy atom. The Balaban J connectivity index is 1.98. The molecule has 1 N–H and O–H groups in total. The number of benzene rings is 1. The zero-order valence-electron chi connectivity index (χ0n) is 14.2. The number of aldehydes is 1. The molecule has 3 heterocycles. The first kappa shape index (κ1) is 17.6. The molecule has 0 unspecified atom stereocenters. The predicted octanol–water partition coefficient (Wildman–Crippen LogP) is 5.04. The molecule has 1 aromatic carbocycles. The van der Waals surface area contributed by atoms with Crippen molar-refractivity contribution in [1.82, 2.24) is 14.4 Å². The average Bonchev–Trinajstić information content (AvgIpc) is 3.19. The number of hydrogen-bond donors (Lipinski definition) is 1. The SMILES string of the molecule is Cc1cccc(Cl)c1Nc1c(-c2ccncc2F)nc2scc(CC=O)n12. The van der Waals surface area contributed by atoms with Crippen molar-refractivity contribution >= 4 is 45.7 Å². The molecular formula is C19H14ClFN4OS. The molecule has 3 aromatic heterocycles. The van der Waals surface area contributed by atoms with Crippen LogP contribution in [-0.2, 0) is 11.2 Å². The molecule has 0 radical (unpaired) electrons. The van der Waals surface area contributed by atoms with Crippen molar-refractivity contribution in [2.45, 2.75) is 13.3 Å². The second kappa shape index (κ2) is 7.09. The van der Waals surface area contributed by atoms with E-state index in [9.17, 15) is 9.18 Å². The number of anilines is 2. The molecule has 4 rings (SSSR count). The van der Waals surface area contributed by atoms with E-state index in [1.807, 2.05) is 28.8 Å². The van der Waals surface area contributed by atoms with Gasteiger partial charge >= 0.3 is 0 Å². The van der Waals surface area contributed by atoms with Crippen LogP contribution < -0.4 is 5.32 Å². The van der Waals surface area contributed by atoms with E-state index in [4.69, 9.17) is 11.6 Å². The standard InChI is InChI=1S/C19H14ClFN4OS/c1-11-3-2-4-14(20)16(11)23-18-17(13-5-7-22-9-15(13)21)24-19-25(18)12(6-8-26)10-27-19/h2-5,7-10,23H,6H2,1H3. The molecule has 0 aliphatic carbocycles. The van der Waals surface area contributed by atoms with E-state index in [-0.39, 0.29) is 6.42 Å². The minimum atomic E-state index is -0.473. The highest BCUT2D eigenvalue weighted by molar-refractivity contribution is 7.15. The van der Waals surface area contributed by atoms with Gasteiger partial charge in [0.15, 0.2) is 10.8 Å². The van der Waals surface area contributed by atoms with Gasteiger partial charge in [-0.2, -0.15) is 0 Å². The molecule has 5 nitrogen and oxygen atoms in total. The molecule has 27 heavy (non-hydrogen) atoms. The molecule has 0 spiro atoms. The van der Waals surface area contributed by atoms with Crippen LogP contribution in [0.15, 0.2) is 42.0 Å². The predicted molar refractivity (Wildman–Crippen MR) is 105 cm³/mol. The molecular weight excluding hydrogens is 387 g/mol. The average molecular weight is 401 g/mol. The molecule has 0 saturated carbocycles. The number of pyridine rings is 1. The van der Waals surface area contributed by atoms with Crippen molar-refractivity contribution in [3.8, 4) is 11.3 Å². The highest BCUT2D eigenvalue weighted by atomic mass is 35.5. The van der Waals surface area contributed by atoms with Crippen LogP contribution in [-0.4, -0.2) is 20.7 Å². The fraction of sp³-hybridized carbons (Fsp3) is 0.105. The minimum absolute atomic E-state index is 0.227. The van der Waals surface area contributed by atoms with Crippen molar-refractivity contribution < 1.29 is 9.18 Å². The number of carbonyl (C=O) groups is 1. The van der Waals surface area contributed by atoms with Crippen LogP contribution >= 0.6 is 22.9 Å². The lowest BCUT2D eigenvalue weighted by Gasteiger charge is -2.13. The zero-order valence-corrected chi connectivity index (χ0v) is 15.8. The van der Waals surface area contributed by atoms with Gasteiger partial charge in [-0.3, -0.25) is 9.38 Å². The van der Waals surface area contributed by atoms with Gasteiger partial charge in [0.1, 0.15) is 17.8 Å². The Morgan fingerprint density at radius 2 is 2.22 bits per heavy atom. The normalized spacial score (nSPS) is 11.1. The third kappa shape index (κ3) is 3.09. The number of para-hydroxylation sites is 1. The number of nitrogens with zero attached hydrogens (tertiary/aromatic N) is 3. The first-order valence-corrected chi connectivity index (χ1v) is 9.40. The topological polar surface area (TPSA) is 59.3 Å². The number of nitrogens with one attached hydrogen (secondary N) is 1. The minimum Gasteiger partial charge on any atom is -0.338 e. The van der Waals surface area contributed by atoms with Crippen LogP contribution in [0.25, 0.3) is 16.2 Å². The van der Waals surface area contributed by atoms with Gasteiger partial charge in [0.2, 0.25) is 0 Å². The fourth-order valence-electron chi connectivity index (χ4n) is 2.92. The van der Waals surface area contributed by atoms with Crippen molar-refractivity contribution in [2.24, 2.45) is 0 Å². The van der Waals surface area contributed by atoms with Gasteiger partial charge in [-0.15, -0.1) is 11.3 Å². The van der Waals surface area contributed by atoms with E-state index in [2.05, 4.69) is 15.3 Å². The molecule has 0 bridgehead atoms. The lowest BCUT2D eigenvalue weighted by Crippen LogP contribution is -2.02. The molecule has 0 atom stereocenters. The Morgan fingerprint density at radius 1 is 1.37 bits per heavy atom. The van der Waals surface area contributed by atoms with Crippen LogP contribution in [0.3, 0.4) is 0 Å². The lowest BCUT2D eigenvalue weighted by molar-refractivity contribution is -0.107. The van der Waals surface area contributed by atoms with Gasteiger partial charge in [0.25, 0.3) is 0 Å². The van der Waals surface area contributed by atoms with E-state index in [1.54, 1.807) is 12.1 Å². The number of aromatic nitrogens is 3. The second-order valence-corrected chi connectivity index (χ2v) is 7.18. The van der Waals surface area contributed by atoms with Crippen molar-refractivity contribution in [3.63, 3.8) is 0 Å². The smallest absolute Gasteiger partial charge is 0.196 e. The summed E-state index contributed by atoms with van der Waals surface area (Å²) in [5.41, 5.74) is 3.18. The summed E-state index contributed by atoms with van der Waals surface area (Å²) in [5.74, 6) is 0.0866. The summed E-state index contributed by atoms with van der Waals surface area (Å²) < 4.78 is 16.2. The summed E-state index contributed by atoms with van der Waals surface area (Å²) in [6.45, 7) is 1.93. The van der Waals surface area contributed by atoms with Crippen LogP contribution in [0, 0.1) is 12.7 Å². The first-order valence-electron chi connectivity index (χ1n) is 8.14. The highest BCUT2D eigenvalue weighted by Crippen LogP contribution is 2.37. The Labute approximate surface area is 163 Å². The van der Waals surface area contributed by atoms with E-state index in [0.29, 0.717) is 32.7 Å². The largest absolute Gasteiger partial charge is 0.338 e. The van der Waals surface area contributed by atoms with Crippen LogP contribution in [0.1, 0.15) is 11.3 Å². The molecule has 136 valence electrons. The summed E-state index contributed by atoms with van der Waals surface area (Å²) in [6, 6.07) is 7.15. The van der Waals surface area contributed by atoms with Gasteiger partial charge in [-0.1, -0.05) is 23.7 Å². The van der Waals surface area contributed by atoms with Crippen LogP contribution in [0.5, 0.6) is 0 Å². The van der Waals surface area contributed by atoms with Crippen LogP contribution in [0.4, 0.5) is 15.9 Å². The molecule has 0 saturated heterocycles. The fourth-order valence-corrected chi connectivity index (χ4v) is 4.09. The number of imidazole rings is 1. The Kier molecular flexibility index (Phi) is 4.63. The molecule has 0 aliphatic heterocycles. The third-order valence-electron chi connectivity index (χ3n) is 4.22. The van der Waals surface area contributed by atoms with E-state index >= 15 is 0 Å². The third-order valence-corrected chi connectivity index (χ3v) is 5.41. The summed E-state index contributed by atoms with van der Waals surface area (Å²) in [6.07, 6.45) is 3.73. The van der Waals surface area contributed by atoms with E-state index in [1.165, 1.54) is 17.5 Å². The molecule has 4 aromatic rings. The van der Waals surface area contributed by atoms with Gasteiger partial charge < -0.3 is 10.1 Å². The Bertz CT molecular complexity index is 1130. The molecule has 0 amide bonds. The van der Waals surface area contributed by atoms with Gasteiger partial charge in [-0.25, -0.2) is 9.37 Å². The van der Waals surface area contributed by atoms with E-state index in [0.717, 1.165) is 23.7 Å². The van der Waals surface area contributed by atoms with Crippen molar-refractivity contribution in [3.05, 3.63) is 64.1 Å². The summed E-state index contributed by atoms with van der Waals surface area (Å²) in [5, 5.41) is 5.72. The Hall–Kier alpha value is -2.77. The highest BCUT2D eigenvalue weighted by Gasteiger charge is 2.21. The van der Waals surface area contributed by atoms with Gasteiger partial charge in [0.05, 0.1) is 16.9 Å². The molecule has 0 aliphatic rings. The van der Waals surface area contributed by atoms with Gasteiger partial charge in [0, 0.05) is 29.3 Å². The number of hydrogen-bond acceptors (Lipinski definition) is 5. The summed E-state index contributed by atoms with van der Waals surface area (Å²) in [7, 11) is 0. The number of aryl methyl sites for hydroxylation is 1. The number of carbonyl (C=O) groups excluding carboxylic acids is 1. The van der Waals surface area contributed by atoms with Crippen molar-refractivity contribution in [2.75, 3.05) is 5.32 Å². The second-order valence-electron chi connectivity index (χ2n) is 5.94. The number of fused-ring (bicyclic) bond motifs is 1. The molecule has 8 heteroatoms. The maximum Gasteiger partial charge on any atom is 0.196 e. The van der Waals surface area contributed by atoms with Gasteiger partial charge in [-0.05, 0) is 24.6 Å².